The maximum atomic E-state index is 13.0. The van der Waals surface area contributed by atoms with E-state index in [2.05, 4.69) is 5.32 Å². The molecule has 0 saturated carbocycles. The van der Waals surface area contributed by atoms with Crippen molar-refractivity contribution in [3.05, 3.63) is 60.4 Å². The Balaban J connectivity index is 1.68. The molecule has 1 aliphatic heterocycles. The minimum absolute atomic E-state index is 0.152. The van der Waals surface area contributed by atoms with E-state index < -0.39 is 18.0 Å². The summed E-state index contributed by atoms with van der Waals surface area (Å²) in [6.07, 6.45) is 0.972. The summed E-state index contributed by atoms with van der Waals surface area (Å²) in [5.41, 5.74) is 1.99. The molecule has 166 valence electrons. The number of carbonyl (C=O) groups excluding carboxylic acids is 2. The van der Waals surface area contributed by atoms with Gasteiger partial charge in [0, 0.05) is 18.8 Å². The topological polar surface area (TPSA) is 88.0 Å². The molecule has 8 nitrogen and oxygen atoms in total. The summed E-state index contributed by atoms with van der Waals surface area (Å²) in [7, 11) is 1.72. The van der Waals surface area contributed by atoms with Crippen LogP contribution in [-0.4, -0.2) is 35.9 Å². The molecule has 1 unspecified atom stereocenters. The second-order valence-corrected chi connectivity index (χ2v) is 7.23. The number of esters is 1. The Bertz CT molecular complexity index is 1140. The first-order valence-corrected chi connectivity index (χ1v) is 10.3. The van der Waals surface area contributed by atoms with Crippen LogP contribution in [0.15, 0.2) is 54.7 Å². The highest BCUT2D eigenvalue weighted by atomic mass is 16.7. The Kier molecular flexibility index (Phi) is 6.02. The first-order chi connectivity index (χ1) is 15.5. The predicted molar refractivity (Wildman–Crippen MR) is 118 cm³/mol. The number of ether oxygens (including phenoxy) is 4. The fraction of sp³-hybridized carbons (Fsp3) is 0.250. The Labute approximate surface area is 185 Å². The predicted octanol–water partition coefficient (Wildman–Crippen LogP) is 4.00. The number of aryl methyl sites for hydroxylation is 1. The molecule has 3 aromatic rings. The van der Waals surface area contributed by atoms with E-state index in [-0.39, 0.29) is 19.1 Å². The van der Waals surface area contributed by atoms with Crippen molar-refractivity contribution in [1.29, 1.82) is 0 Å². The van der Waals surface area contributed by atoms with Crippen molar-refractivity contribution in [2.75, 3.05) is 18.7 Å². The fourth-order valence-electron chi connectivity index (χ4n) is 3.46. The average Bonchev–Trinajstić information content (AvgIpc) is 3.38. The van der Waals surface area contributed by atoms with Crippen LogP contribution in [-0.2, 0) is 16.6 Å². The van der Waals surface area contributed by atoms with Gasteiger partial charge in [-0.05, 0) is 43.7 Å². The Morgan fingerprint density at radius 3 is 2.62 bits per heavy atom. The van der Waals surface area contributed by atoms with Gasteiger partial charge in [0.15, 0.2) is 23.3 Å². The maximum absolute atomic E-state index is 13.0. The lowest BCUT2D eigenvalue weighted by Gasteiger charge is -2.16. The second kappa shape index (κ2) is 9.05. The second-order valence-electron chi connectivity index (χ2n) is 7.23. The van der Waals surface area contributed by atoms with Crippen LogP contribution in [0.3, 0.4) is 0 Å². The minimum Gasteiger partial charge on any atom is -0.481 e. The van der Waals surface area contributed by atoms with Crippen LogP contribution in [0.25, 0.3) is 11.1 Å². The number of para-hydroxylation sites is 1. The van der Waals surface area contributed by atoms with Gasteiger partial charge in [-0.2, -0.15) is 0 Å². The van der Waals surface area contributed by atoms with Crippen LogP contribution in [0, 0.1) is 0 Å². The summed E-state index contributed by atoms with van der Waals surface area (Å²) in [6, 6.07) is 14.5. The van der Waals surface area contributed by atoms with E-state index in [0.717, 1.165) is 5.56 Å². The van der Waals surface area contributed by atoms with Gasteiger partial charge in [0.05, 0.1) is 12.3 Å². The number of carbonyl (C=O) groups is 2. The third kappa shape index (κ3) is 4.25. The van der Waals surface area contributed by atoms with Gasteiger partial charge in [0.1, 0.15) is 5.75 Å². The molecule has 1 aliphatic rings. The zero-order valence-electron chi connectivity index (χ0n) is 18.1. The zero-order chi connectivity index (χ0) is 22.7. The fourth-order valence-corrected chi connectivity index (χ4v) is 3.46. The van der Waals surface area contributed by atoms with Gasteiger partial charge in [-0.1, -0.05) is 24.3 Å². The summed E-state index contributed by atoms with van der Waals surface area (Å²) >= 11 is 0. The maximum Gasteiger partial charge on any atom is 0.357 e. The molecule has 4 rings (SSSR count). The van der Waals surface area contributed by atoms with Crippen molar-refractivity contribution in [2.24, 2.45) is 7.05 Å². The van der Waals surface area contributed by atoms with E-state index in [4.69, 9.17) is 18.9 Å². The number of aromatic nitrogens is 1. The average molecular weight is 436 g/mol. The number of anilines is 1. The molecule has 0 fully saturated rings. The summed E-state index contributed by atoms with van der Waals surface area (Å²) in [6.45, 7) is 3.74. The smallest absolute Gasteiger partial charge is 0.357 e. The molecule has 0 radical (unpaired) electrons. The van der Waals surface area contributed by atoms with Gasteiger partial charge in [0.25, 0.3) is 5.91 Å². The lowest BCUT2D eigenvalue weighted by atomic mass is 10.1. The van der Waals surface area contributed by atoms with Crippen molar-refractivity contribution in [3.8, 4) is 28.4 Å². The van der Waals surface area contributed by atoms with Gasteiger partial charge >= 0.3 is 5.97 Å². The minimum atomic E-state index is -0.794. The van der Waals surface area contributed by atoms with Crippen LogP contribution in [0.5, 0.6) is 17.2 Å². The third-order valence-corrected chi connectivity index (χ3v) is 5.01. The third-order valence-electron chi connectivity index (χ3n) is 5.01. The lowest BCUT2D eigenvalue weighted by Crippen LogP contribution is -2.31. The SMILES string of the molecule is CCOC(=O)c1c(NC(=O)C(C)Oc2ccccc2)c(-c2ccc3c(c2)OCO3)cn1C. The first kappa shape index (κ1) is 21.3. The number of amides is 1. The molecular weight excluding hydrogens is 412 g/mol. The Morgan fingerprint density at radius 2 is 1.88 bits per heavy atom. The van der Waals surface area contributed by atoms with Gasteiger partial charge in [-0.25, -0.2) is 4.79 Å². The lowest BCUT2D eigenvalue weighted by molar-refractivity contribution is -0.122. The molecule has 8 heteroatoms. The van der Waals surface area contributed by atoms with Crippen LogP contribution >= 0.6 is 0 Å². The molecule has 0 saturated heterocycles. The molecule has 0 bridgehead atoms. The van der Waals surface area contributed by atoms with Crippen LogP contribution in [0.1, 0.15) is 24.3 Å². The molecule has 0 spiro atoms. The summed E-state index contributed by atoms with van der Waals surface area (Å²) in [5, 5.41) is 2.87. The summed E-state index contributed by atoms with van der Waals surface area (Å²) in [5.74, 6) is 0.888. The van der Waals surface area contributed by atoms with Gasteiger partial charge in [0.2, 0.25) is 6.79 Å². The highest BCUT2D eigenvalue weighted by Gasteiger charge is 2.27. The van der Waals surface area contributed by atoms with Gasteiger partial charge in [-0.15, -0.1) is 0 Å². The van der Waals surface area contributed by atoms with Crippen molar-refractivity contribution in [1.82, 2.24) is 4.57 Å². The largest absolute Gasteiger partial charge is 0.481 e. The van der Waals surface area contributed by atoms with E-state index in [1.54, 1.807) is 49.9 Å². The van der Waals surface area contributed by atoms with Crippen LogP contribution < -0.4 is 19.5 Å². The quantitative estimate of drug-likeness (QED) is 0.563. The molecule has 1 atom stereocenters. The Hall–Kier alpha value is -3.94. The molecule has 1 amide bonds. The van der Waals surface area contributed by atoms with Crippen molar-refractivity contribution in [2.45, 2.75) is 20.0 Å². The monoisotopic (exact) mass is 436 g/mol. The highest BCUT2D eigenvalue weighted by molar-refractivity contribution is 6.06. The first-order valence-electron chi connectivity index (χ1n) is 10.3. The number of hydrogen-bond acceptors (Lipinski definition) is 6. The number of rotatable bonds is 7. The molecule has 1 N–H and O–H groups in total. The molecule has 0 aliphatic carbocycles. The number of fused-ring (bicyclic) bond motifs is 1. The van der Waals surface area contributed by atoms with Gasteiger partial charge in [-0.3, -0.25) is 4.79 Å². The van der Waals surface area contributed by atoms with E-state index in [9.17, 15) is 9.59 Å². The number of nitrogens with one attached hydrogen (secondary N) is 1. The van der Waals surface area contributed by atoms with E-state index in [1.165, 1.54) is 0 Å². The number of benzene rings is 2. The van der Waals surface area contributed by atoms with E-state index >= 15 is 0 Å². The zero-order valence-corrected chi connectivity index (χ0v) is 18.1. The number of hydrogen-bond donors (Lipinski definition) is 1. The van der Waals surface area contributed by atoms with Crippen molar-refractivity contribution < 1.29 is 28.5 Å². The molecular formula is C24H24N2O6. The van der Waals surface area contributed by atoms with Crippen molar-refractivity contribution in [3.63, 3.8) is 0 Å². The van der Waals surface area contributed by atoms with E-state index in [0.29, 0.717) is 28.5 Å². The molecule has 2 heterocycles. The van der Waals surface area contributed by atoms with Crippen LogP contribution in [0.4, 0.5) is 5.69 Å². The summed E-state index contributed by atoms with van der Waals surface area (Å²) in [4.78, 5) is 25.7. The number of nitrogens with zero attached hydrogens (tertiary/aromatic N) is 1. The molecule has 1 aromatic heterocycles. The van der Waals surface area contributed by atoms with Crippen LogP contribution in [0.2, 0.25) is 0 Å². The van der Waals surface area contributed by atoms with E-state index in [1.807, 2.05) is 30.3 Å². The molecule has 2 aromatic carbocycles. The summed E-state index contributed by atoms with van der Waals surface area (Å²) < 4.78 is 23.5. The highest BCUT2D eigenvalue weighted by Crippen LogP contribution is 2.40. The Morgan fingerprint density at radius 1 is 1.12 bits per heavy atom. The van der Waals surface area contributed by atoms with Crippen molar-refractivity contribution >= 4 is 17.6 Å². The van der Waals surface area contributed by atoms with Gasteiger partial charge < -0.3 is 28.8 Å². The standard InChI is InChI=1S/C24H24N2O6/c1-4-29-24(28)22-21(25-23(27)15(2)32-17-8-6-5-7-9-17)18(13-26(22)3)16-10-11-19-20(12-16)31-14-30-19/h5-13,15H,4,14H2,1-3H3,(H,25,27). The normalized spacial score (nSPS) is 12.8. The molecule has 32 heavy (non-hydrogen) atoms.